The molecule has 110 valence electrons. The largest absolute Gasteiger partial charge is 0.497 e. The molecule has 1 aliphatic carbocycles. The third-order valence-corrected chi connectivity index (χ3v) is 5.35. The molecular weight excluding hydrogens is 328 g/mol. The second-order valence-electron chi connectivity index (χ2n) is 5.43. The molecule has 1 fully saturated rings. The summed E-state index contributed by atoms with van der Waals surface area (Å²) in [6.07, 6.45) is 1.21. The minimum atomic E-state index is 0.285. The van der Waals surface area contributed by atoms with Crippen molar-refractivity contribution in [2.24, 2.45) is 5.92 Å². The van der Waals surface area contributed by atoms with Crippen molar-refractivity contribution < 1.29 is 9.47 Å². The molecule has 1 saturated carbocycles. The Labute approximate surface area is 134 Å². The van der Waals surface area contributed by atoms with Crippen LogP contribution in [0.1, 0.15) is 28.3 Å². The van der Waals surface area contributed by atoms with Crippen molar-refractivity contribution in [1.29, 1.82) is 0 Å². The Morgan fingerprint density at radius 3 is 2.48 bits per heavy atom. The average Bonchev–Trinajstić information content (AvgIpc) is 3.35. The SMILES string of the molecule is COc1ccc(OC)c(C(Br)C2CC2c2ccccc2)c1. The molecule has 1 aliphatic rings. The number of hydrogen-bond acceptors (Lipinski definition) is 2. The van der Waals surface area contributed by atoms with Gasteiger partial charge in [0.05, 0.1) is 14.2 Å². The second kappa shape index (κ2) is 6.10. The highest BCUT2D eigenvalue weighted by atomic mass is 79.9. The van der Waals surface area contributed by atoms with Crippen LogP contribution in [0.5, 0.6) is 11.5 Å². The third kappa shape index (κ3) is 2.93. The molecule has 3 atom stereocenters. The van der Waals surface area contributed by atoms with Gasteiger partial charge in [-0.15, -0.1) is 0 Å². The lowest BCUT2D eigenvalue weighted by atomic mass is 10.0. The molecule has 0 aliphatic heterocycles. The van der Waals surface area contributed by atoms with E-state index in [1.54, 1.807) is 14.2 Å². The lowest BCUT2D eigenvalue weighted by Gasteiger charge is -2.15. The van der Waals surface area contributed by atoms with Crippen molar-refractivity contribution >= 4 is 15.9 Å². The van der Waals surface area contributed by atoms with Gasteiger partial charge in [-0.1, -0.05) is 46.3 Å². The van der Waals surface area contributed by atoms with Gasteiger partial charge in [-0.3, -0.25) is 0 Å². The van der Waals surface area contributed by atoms with Gasteiger partial charge >= 0.3 is 0 Å². The van der Waals surface area contributed by atoms with E-state index < -0.39 is 0 Å². The molecule has 0 N–H and O–H groups in total. The molecule has 3 rings (SSSR count). The maximum Gasteiger partial charge on any atom is 0.123 e. The van der Waals surface area contributed by atoms with Crippen LogP contribution in [0.4, 0.5) is 0 Å². The van der Waals surface area contributed by atoms with Crippen LogP contribution >= 0.6 is 15.9 Å². The second-order valence-corrected chi connectivity index (χ2v) is 6.41. The highest BCUT2D eigenvalue weighted by Crippen LogP contribution is 2.58. The van der Waals surface area contributed by atoms with Gasteiger partial charge in [0.2, 0.25) is 0 Å². The predicted octanol–water partition coefficient (Wildman–Crippen LogP) is 4.94. The zero-order valence-corrected chi connectivity index (χ0v) is 13.8. The summed E-state index contributed by atoms with van der Waals surface area (Å²) in [4.78, 5) is 0.285. The smallest absolute Gasteiger partial charge is 0.123 e. The van der Waals surface area contributed by atoms with Crippen LogP contribution in [0.3, 0.4) is 0 Å². The molecule has 3 heteroatoms. The fraction of sp³-hybridized carbons (Fsp3) is 0.333. The van der Waals surface area contributed by atoms with E-state index in [-0.39, 0.29) is 4.83 Å². The molecular formula is C18H19BrO2. The first kappa shape index (κ1) is 14.5. The van der Waals surface area contributed by atoms with E-state index in [1.165, 1.54) is 17.5 Å². The van der Waals surface area contributed by atoms with Crippen LogP contribution < -0.4 is 9.47 Å². The summed E-state index contributed by atoms with van der Waals surface area (Å²) in [5.74, 6) is 3.02. The predicted molar refractivity (Wildman–Crippen MR) is 88.5 cm³/mol. The van der Waals surface area contributed by atoms with Crippen molar-refractivity contribution in [1.82, 2.24) is 0 Å². The lowest BCUT2D eigenvalue weighted by molar-refractivity contribution is 0.397. The molecule has 0 bridgehead atoms. The standard InChI is InChI=1S/C18H19BrO2/c1-20-13-8-9-17(21-2)16(10-13)18(19)15-11-14(15)12-6-4-3-5-7-12/h3-10,14-15,18H,11H2,1-2H3. The van der Waals surface area contributed by atoms with Gasteiger partial charge in [-0.05, 0) is 42.0 Å². The minimum Gasteiger partial charge on any atom is -0.497 e. The van der Waals surface area contributed by atoms with Crippen LogP contribution in [-0.4, -0.2) is 14.2 Å². The molecule has 3 unspecified atom stereocenters. The van der Waals surface area contributed by atoms with Crippen molar-refractivity contribution in [3.8, 4) is 11.5 Å². The summed E-state index contributed by atoms with van der Waals surface area (Å²) in [7, 11) is 3.41. The topological polar surface area (TPSA) is 18.5 Å². The highest BCUT2D eigenvalue weighted by Gasteiger charge is 2.44. The Morgan fingerprint density at radius 1 is 1.05 bits per heavy atom. The normalized spacial score (nSPS) is 21.7. The molecule has 0 spiro atoms. The van der Waals surface area contributed by atoms with E-state index in [4.69, 9.17) is 9.47 Å². The van der Waals surface area contributed by atoms with E-state index in [0.29, 0.717) is 11.8 Å². The van der Waals surface area contributed by atoms with Crippen molar-refractivity contribution in [3.05, 3.63) is 59.7 Å². The first-order valence-electron chi connectivity index (χ1n) is 7.15. The zero-order chi connectivity index (χ0) is 14.8. The van der Waals surface area contributed by atoms with Crippen LogP contribution in [0.2, 0.25) is 0 Å². The van der Waals surface area contributed by atoms with E-state index in [0.717, 1.165) is 11.5 Å². The van der Waals surface area contributed by atoms with E-state index in [2.05, 4.69) is 52.3 Å². The summed E-state index contributed by atoms with van der Waals surface area (Å²) < 4.78 is 10.8. The fourth-order valence-electron chi connectivity index (χ4n) is 2.91. The number of halogens is 1. The van der Waals surface area contributed by atoms with Gasteiger partial charge in [-0.2, -0.15) is 0 Å². The van der Waals surface area contributed by atoms with Crippen molar-refractivity contribution in [2.75, 3.05) is 14.2 Å². The number of ether oxygens (including phenoxy) is 2. The van der Waals surface area contributed by atoms with Gasteiger partial charge < -0.3 is 9.47 Å². The van der Waals surface area contributed by atoms with Crippen LogP contribution in [0.15, 0.2) is 48.5 Å². The van der Waals surface area contributed by atoms with Crippen molar-refractivity contribution in [3.63, 3.8) is 0 Å². The first-order valence-corrected chi connectivity index (χ1v) is 8.07. The molecule has 21 heavy (non-hydrogen) atoms. The van der Waals surface area contributed by atoms with Gasteiger partial charge in [0, 0.05) is 10.4 Å². The minimum absolute atomic E-state index is 0.285. The first-order chi connectivity index (χ1) is 10.2. The Bertz CT molecular complexity index is 612. The number of rotatable bonds is 5. The molecule has 2 aromatic rings. The van der Waals surface area contributed by atoms with Crippen molar-refractivity contribution in [2.45, 2.75) is 17.2 Å². The quantitative estimate of drug-likeness (QED) is 0.713. The highest BCUT2D eigenvalue weighted by molar-refractivity contribution is 9.09. The molecule has 0 heterocycles. The molecule has 2 nitrogen and oxygen atoms in total. The molecule has 0 saturated heterocycles. The van der Waals surface area contributed by atoms with Crippen LogP contribution in [0, 0.1) is 5.92 Å². The number of alkyl halides is 1. The van der Waals surface area contributed by atoms with Gasteiger partial charge in [0.15, 0.2) is 0 Å². The van der Waals surface area contributed by atoms with E-state index in [1.807, 2.05) is 12.1 Å². The number of benzene rings is 2. The Kier molecular flexibility index (Phi) is 4.20. The Hall–Kier alpha value is -1.48. The Morgan fingerprint density at radius 2 is 1.81 bits per heavy atom. The molecule has 2 aromatic carbocycles. The summed E-state index contributed by atoms with van der Waals surface area (Å²) in [5.41, 5.74) is 2.59. The summed E-state index contributed by atoms with van der Waals surface area (Å²) >= 11 is 3.87. The van der Waals surface area contributed by atoms with Crippen LogP contribution in [-0.2, 0) is 0 Å². The Balaban J connectivity index is 1.82. The fourth-order valence-corrected chi connectivity index (χ4v) is 3.85. The maximum absolute atomic E-state index is 5.50. The molecule has 0 radical (unpaired) electrons. The molecule has 0 amide bonds. The van der Waals surface area contributed by atoms with Gasteiger partial charge in [0.1, 0.15) is 11.5 Å². The van der Waals surface area contributed by atoms with Gasteiger partial charge in [-0.25, -0.2) is 0 Å². The summed E-state index contributed by atoms with van der Waals surface area (Å²) in [6.45, 7) is 0. The van der Waals surface area contributed by atoms with E-state index in [9.17, 15) is 0 Å². The average molecular weight is 347 g/mol. The lowest BCUT2D eigenvalue weighted by Crippen LogP contribution is -1.99. The van der Waals surface area contributed by atoms with Gasteiger partial charge in [0.25, 0.3) is 0 Å². The zero-order valence-electron chi connectivity index (χ0n) is 12.3. The maximum atomic E-state index is 5.50. The van der Waals surface area contributed by atoms with Crippen LogP contribution in [0.25, 0.3) is 0 Å². The third-order valence-electron chi connectivity index (χ3n) is 4.18. The summed E-state index contributed by atoms with van der Waals surface area (Å²) in [6, 6.07) is 16.7. The molecule has 0 aromatic heterocycles. The number of methoxy groups -OCH3 is 2. The number of hydrogen-bond donors (Lipinski definition) is 0. The van der Waals surface area contributed by atoms with E-state index >= 15 is 0 Å². The monoisotopic (exact) mass is 346 g/mol. The summed E-state index contributed by atoms with van der Waals surface area (Å²) in [5, 5.41) is 0.